The summed E-state index contributed by atoms with van der Waals surface area (Å²) >= 11 is 0. The minimum absolute atomic E-state index is 0.0666. The second-order valence-corrected chi connectivity index (χ2v) is 11.8. The van der Waals surface area contributed by atoms with E-state index in [-0.39, 0.29) is 22.9 Å². The molecule has 2 atom stereocenters. The van der Waals surface area contributed by atoms with Gasteiger partial charge in [-0.25, -0.2) is 0 Å². The molecule has 4 aromatic carbocycles. The highest BCUT2D eigenvalue weighted by molar-refractivity contribution is 7.85. The third-order valence-electron chi connectivity index (χ3n) is 7.32. The molecule has 0 aromatic heterocycles. The molecule has 0 saturated carbocycles. The Labute approximate surface area is 258 Å². The minimum Gasteiger partial charge on any atom is -0.504 e. The summed E-state index contributed by atoms with van der Waals surface area (Å²) in [5.74, 6) is -0.787. The highest BCUT2D eigenvalue weighted by Crippen LogP contribution is 2.42. The normalized spacial score (nSPS) is 16.0. The summed E-state index contributed by atoms with van der Waals surface area (Å²) in [6, 6.07) is 23.0. The first-order chi connectivity index (χ1) is 21.2. The van der Waals surface area contributed by atoms with E-state index in [1.807, 2.05) is 6.92 Å². The number of phenolic OH excluding ortho intramolecular Hbond substituents is 2. The van der Waals surface area contributed by atoms with Crippen molar-refractivity contribution in [3.05, 3.63) is 119 Å². The first-order valence-electron chi connectivity index (χ1n) is 13.8. The molecule has 0 fully saturated rings. The number of carbonyl (C=O) groups is 1. The molecule has 9 nitrogen and oxygen atoms in total. The molecule has 0 bridgehead atoms. The molecule has 13 heteroatoms. The highest BCUT2D eigenvalue weighted by atomic mass is 32.2. The van der Waals surface area contributed by atoms with Gasteiger partial charge in [-0.15, -0.1) is 13.2 Å². The number of halogens is 3. The number of hydrogen-bond donors (Lipinski definition) is 4. The van der Waals surface area contributed by atoms with Gasteiger partial charge in [-0.3, -0.25) is 4.55 Å². The zero-order chi connectivity index (χ0) is 32.8. The average Bonchev–Trinajstić information content (AvgIpc) is 3.00. The summed E-state index contributed by atoms with van der Waals surface area (Å²) < 4.78 is 77.3. The second kappa shape index (κ2) is 13.7. The van der Waals surface area contributed by atoms with Crippen molar-refractivity contribution in [3.8, 4) is 11.5 Å². The molecule has 45 heavy (non-hydrogen) atoms. The SMILES string of the molecule is Cc1ccc(S(=O)(=O)O)cc1.O=C(OCc1ccccc1)[N+](CC1NCCc2cc(O)c(O)cc21)(c1ccccc1)C(F)(F)F. The quantitative estimate of drug-likeness (QED) is 0.0821. The molecule has 1 aliphatic heterocycles. The van der Waals surface area contributed by atoms with Gasteiger partial charge in [0.1, 0.15) is 13.2 Å². The lowest BCUT2D eigenvalue weighted by Crippen LogP contribution is -2.66. The smallest absolute Gasteiger partial charge is 0.504 e. The van der Waals surface area contributed by atoms with Crippen molar-refractivity contribution >= 4 is 21.9 Å². The number of aryl methyl sites for hydroxylation is 1. The van der Waals surface area contributed by atoms with Crippen molar-refractivity contribution in [2.24, 2.45) is 0 Å². The number of hydrogen-bond acceptors (Lipinski definition) is 7. The molecule has 1 aliphatic rings. The number of ether oxygens (including phenoxy) is 1. The molecule has 2 unspecified atom stereocenters. The third-order valence-corrected chi connectivity index (χ3v) is 8.19. The van der Waals surface area contributed by atoms with Crippen LogP contribution in [0.1, 0.15) is 28.3 Å². The van der Waals surface area contributed by atoms with Crippen LogP contribution in [0.3, 0.4) is 0 Å². The van der Waals surface area contributed by atoms with Crippen LogP contribution in [0.5, 0.6) is 11.5 Å². The van der Waals surface area contributed by atoms with Gasteiger partial charge in [0.25, 0.3) is 10.1 Å². The van der Waals surface area contributed by atoms with Crippen LogP contribution in [0.15, 0.2) is 102 Å². The first-order valence-corrected chi connectivity index (χ1v) is 15.2. The lowest BCUT2D eigenvalue weighted by Gasteiger charge is -2.38. The third kappa shape index (κ3) is 7.81. The number of para-hydroxylation sites is 1. The fraction of sp³-hybridized carbons (Fsp3) is 0.219. The van der Waals surface area contributed by atoms with E-state index in [9.17, 15) is 36.6 Å². The van der Waals surface area contributed by atoms with Crippen molar-refractivity contribution in [1.29, 1.82) is 0 Å². The number of benzene rings is 4. The fourth-order valence-corrected chi connectivity index (χ4v) is 5.45. The van der Waals surface area contributed by atoms with Gasteiger partial charge in [-0.05, 0) is 60.8 Å². The molecule has 0 aliphatic carbocycles. The van der Waals surface area contributed by atoms with E-state index < -0.39 is 45.3 Å². The maximum atomic E-state index is 14.9. The highest BCUT2D eigenvalue weighted by Gasteiger charge is 2.65. The maximum absolute atomic E-state index is 14.9. The molecular weight excluding hydrogens is 613 g/mol. The van der Waals surface area contributed by atoms with Gasteiger partial charge in [-0.1, -0.05) is 70.7 Å². The van der Waals surface area contributed by atoms with Crippen LogP contribution in [0, 0.1) is 6.92 Å². The second-order valence-electron chi connectivity index (χ2n) is 10.4. The summed E-state index contributed by atoms with van der Waals surface area (Å²) in [6.45, 7) is 1.13. The van der Waals surface area contributed by atoms with Gasteiger partial charge in [-0.2, -0.15) is 13.2 Å². The molecule has 1 amide bonds. The Hall–Kier alpha value is -4.43. The number of fused-ring (bicyclic) bond motifs is 1. The van der Waals surface area contributed by atoms with E-state index in [1.54, 1.807) is 48.5 Å². The Bertz CT molecular complexity index is 1720. The van der Waals surface area contributed by atoms with E-state index >= 15 is 0 Å². The van der Waals surface area contributed by atoms with E-state index in [2.05, 4.69) is 5.32 Å². The molecule has 5 rings (SSSR count). The number of amides is 1. The van der Waals surface area contributed by atoms with Gasteiger partial charge in [0.05, 0.1) is 10.9 Å². The van der Waals surface area contributed by atoms with Gasteiger partial charge in [0.2, 0.25) is 0 Å². The van der Waals surface area contributed by atoms with Gasteiger partial charge in [0, 0.05) is 12.1 Å². The van der Waals surface area contributed by atoms with Gasteiger partial charge in [0.15, 0.2) is 17.2 Å². The number of quaternary nitrogens is 1. The van der Waals surface area contributed by atoms with Crippen molar-refractivity contribution < 1.29 is 45.9 Å². The monoisotopic (exact) mass is 645 g/mol. The number of nitrogens with zero attached hydrogens (tertiary/aromatic N) is 1. The Morgan fingerprint density at radius 3 is 2.09 bits per heavy atom. The maximum Gasteiger partial charge on any atom is 0.576 e. The number of phenols is 2. The van der Waals surface area contributed by atoms with Crippen LogP contribution >= 0.6 is 0 Å². The molecule has 1 heterocycles. The lowest BCUT2D eigenvalue weighted by molar-refractivity contribution is -0.226. The zero-order valence-electron chi connectivity index (χ0n) is 24.1. The average molecular weight is 646 g/mol. The zero-order valence-corrected chi connectivity index (χ0v) is 24.9. The summed E-state index contributed by atoms with van der Waals surface area (Å²) in [7, 11) is -4.02. The number of carbonyl (C=O) groups excluding carboxylic acids is 1. The summed E-state index contributed by atoms with van der Waals surface area (Å²) in [4.78, 5) is 13.2. The Morgan fingerprint density at radius 2 is 1.51 bits per heavy atom. The van der Waals surface area contributed by atoms with Crippen LogP contribution in [0.25, 0.3) is 0 Å². The van der Waals surface area contributed by atoms with E-state index in [1.165, 1.54) is 48.5 Å². The molecule has 0 saturated heterocycles. The fourth-order valence-electron chi connectivity index (χ4n) is 4.97. The largest absolute Gasteiger partial charge is 0.576 e. The topological polar surface area (TPSA) is 133 Å². The van der Waals surface area contributed by atoms with Crippen molar-refractivity contribution in [3.63, 3.8) is 0 Å². The van der Waals surface area contributed by atoms with E-state index in [4.69, 9.17) is 9.29 Å². The van der Waals surface area contributed by atoms with Crippen molar-refractivity contribution in [2.45, 2.75) is 37.2 Å². The lowest BCUT2D eigenvalue weighted by atomic mass is 9.92. The summed E-state index contributed by atoms with van der Waals surface area (Å²) in [5, 5.41) is 22.9. The predicted molar refractivity (Wildman–Crippen MR) is 161 cm³/mol. The molecular formula is C32H32F3N2O7S+. The summed E-state index contributed by atoms with van der Waals surface area (Å²) in [6.07, 6.45) is -6.04. The van der Waals surface area contributed by atoms with Crippen LogP contribution in [-0.2, 0) is 27.9 Å². The number of aromatic hydroxyl groups is 2. The minimum atomic E-state index is -5.03. The van der Waals surface area contributed by atoms with Crippen molar-refractivity contribution in [1.82, 2.24) is 9.80 Å². The van der Waals surface area contributed by atoms with Crippen LogP contribution in [0.2, 0.25) is 0 Å². The molecule has 4 aromatic rings. The molecule has 238 valence electrons. The first kappa shape index (κ1) is 33.5. The Morgan fingerprint density at radius 1 is 0.933 bits per heavy atom. The van der Waals surface area contributed by atoms with E-state index in [0.717, 1.165) is 5.56 Å². The number of alkyl halides is 3. The number of nitrogens with one attached hydrogen (secondary N) is 1. The Balaban J connectivity index is 0.000000354. The van der Waals surface area contributed by atoms with E-state index in [0.29, 0.717) is 29.7 Å². The number of rotatable bonds is 6. The summed E-state index contributed by atoms with van der Waals surface area (Å²) in [5.41, 5.74) is 2.22. The van der Waals surface area contributed by atoms with Crippen LogP contribution in [0.4, 0.5) is 23.7 Å². The van der Waals surface area contributed by atoms with Gasteiger partial charge < -0.3 is 20.3 Å². The predicted octanol–water partition coefficient (Wildman–Crippen LogP) is 6.39. The van der Waals surface area contributed by atoms with Gasteiger partial charge >= 0.3 is 12.4 Å². The molecule has 0 radical (unpaired) electrons. The van der Waals surface area contributed by atoms with Crippen LogP contribution < -0.4 is 9.80 Å². The Kier molecular flexibility index (Phi) is 10.2. The van der Waals surface area contributed by atoms with Crippen molar-refractivity contribution in [2.75, 3.05) is 13.1 Å². The molecule has 4 N–H and O–H groups in total. The standard InChI is InChI=1S/C25H23F3N2O4.C7H8O3S/c26-25(27,28)30(19-9-5-2-6-10-19,24(33)34-16-17-7-3-1-4-8-17)15-21-20-14-23(32)22(31)13-18(20)11-12-29-21;1-6-2-4-7(5-3-6)11(8,9)10/h1-10,13-14,21,29H,11-12,15-16H2,(H-,31,32);2-5H,1H3,(H,8,9,10)/p+1. The molecule has 0 spiro atoms. The van der Waals surface area contributed by atoms with Crippen LogP contribution in [-0.4, -0.2) is 48.7 Å².